The van der Waals surface area contributed by atoms with Crippen molar-refractivity contribution in [1.29, 1.82) is 0 Å². The van der Waals surface area contributed by atoms with Gasteiger partial charge >= 0.3 is 6.09 Å². The molecule has 2 fully saturated rings. The first kappa shape index (κ1) is 17.0. The first-order valence-electron chi connectivity index (χ1n) is 8.45. The second-order valence-corrected chi connectivity index (χ2v) is 7.74. The standard InChI is InChI=1S/C18H24F2N2O2/c1-18(2,3)24-17(23)22-15-4-5-16(22)10-14(9-15)21-13-7-11(19)6-12(20)8-13/h6-8,14-16,21H,4-5,9-10H2,1-3H3. The third-order valence-corrected chi connectivity index (χ3v) is 4.57. The van der Waals surface area contributed by atoms with Crippen LogP contribution in [0.4, 0.5) is 19.3 Å². The van der Waals surface area contributed by atoms with Gasteiger partial charge in [-0.2, -0.15) is 0 Å². The molecule has 0 radical (unpaired) electrons. The zero-order valence-electron chi connectivity index (χ0n) is 14.3. The monoisotopic (exact) mass is 338 g/mol. The molecule has 4 nitrogen and oxygen atoms in total. The van der Waals surface area contributed by atoms with Gasteiger partial charge in [-0.15, -0.1) is 0 Å². The van der Waals surface area contributed by atoms with Crippen molar-refractivity contribution in [3.63, 3.8) is 0 Å². The first-order valence-corrected chi connectivity index (χ1v) is 8.45. The lowest BCUT2D eigenvalue weighted by molar-refractivity contribution is 0.00684. The minimum atomic E-state index is -0.591. The van der Waals surface area contributed by atoms with Gasteiger partial charge in [0.25, 0.3) is 0 Å². The van der Waals surface area contributed by atoms with E-state index >= 15 is 0 Å². The van der Waals surface area contributed by atoms with Crippen molar-refractivity contribution in [1.82, 2.24) is 4.90 Å². The van der Waals surface area contributed by atoms with E-state index in [9.17, 15) is 13.6 Å². The van der Waals surface area contributed by atoms with Crippen LogP contribution in [-0.2, 0) is 4.74 Å². The highest BCUT2D eigenvalue weighted by Crippen LogP contribution is 2.37. The number of benzene rings is 1. The Labute approximate surface area is 141 Å². The van der Waals surface area contributed by atoms with Gasteiger partial charge in [0.15, 0.2) is 0 Å². The molecule has 2 atom stereocenters. The molecule has 0 aromatic heterocycles. The van der Waals surface area contributed by atoms with E-state index in [0.717, 1.165) is 31.7 Å². The Balaban J connectivity index is 1.65. The largest absolute Gasteiger partial charge is 0.444 e. The van der Waals surface area contributed by atoms with Crippen LogP contribution in [0.25, 0.3) is 0 Å². The Morgan fingerprint density at radius 2 is 1.67 bits per heavy atom. The normalized spacial score (nSPS) is 26.4. The average molecular weight is 338 g/mol. The molecular formula is C18H24F2N2O2. The van der Waals surface area contributed by atoms with Crippen LogP contribution in [0, 0.1) is 11.6 Å². The molecule has 2 unspecified atom stereocenters. The molecule has 132 valence electrons. The van der Waals surface area contributed by atoms with E-state index in [2.05, 4.69) is 5.32 Å². The number of carbonyl (C=O) groups is 1. The quantitative estimate of drug-likeness (QED) is 0.874. The fourth-order valence-corrected chi connectivity index (χ4v) is 3.78. The molecule has 0 saturated carbocycles. The van der Waals surface area contributed by atoms with Gasteiger partial charge in [0, 0.05) is 29.9 Å². The number of fused-ring (bicyclic) bond motifs is 2. The summed E-state index contributed by atoms with van der Waals surface area (Å²) in [6.07, 6.45) is 3.14. The molecule has 1 aromatic rings. The van der Waals surface area contributed by atoms with Crippen molar-refractivity contribution in [2.75, 3.05) is 5.32 Å². The fraction of sp³-hybridized carbons (Fsp3) is 0.611. The van der Waals surface area contributed by atoms with Gasteiger partial charge in [-0.05, 0) is 58.6 Å². The number of nitrogens with one attached hydrogen (secondary N) is 1. The number of hydrogen-bond acceptors (Lipinski definition) is 3. The van der Waals surface area contributed by atoms with Gasteiger partial charge < -0.3 is 15.0 Å². The zero-order valence-corrected chi connectivity index (χ0v) is 14.3. The molecule has 2 heterocycles. The van der Waals surface area contributed by atoms with E-state index in [0.29, 0.717) is 5.69 Å². The first-order chi connectivity index (χ1) is 11.2. The second-order valence-electron chi connectivity index (χ2n) is 7.74. The zero-order chi connectivity index (χ0) is 17.5. The molecule has 2 aliphatic heterocycles. The number of carbonyl (C=O) groups excluding carboxylic acids is 1. The Morgan fingerprint density at radius 3 is 2.17 bits per heavy atom. The summed E-state index contributed by atoms with van der Waals surface area (Å²) in [5.41, 5.74) is -0.0623. The molecule has 2 aliphatic rings. The van der Waals surface area contributed by atoms with Crippen LogP contribution in [0.2, 0.25) is 0 Å². The summed E-state index contributed by atoms with van der Waals surface area (Å²) in [5, 5.41) is 3.21. The number of halogens is 2. The lowest BCUT2D eigenvalue weighted by Gasteiger charge is -2.40. The average Bonchev–Trinajstić information content (AvgIpc) is 2.68. The van der Waals surface area contributed by atoms with E-state index < -0.39 is 17.2 Å². The van der Waals surface area contributed by atoms with Crippen LogP contribution >= 0.6 is 0 Å². The number of anilines is 1. The third kappa shape index (κ3) is 3.79. The van der Waals surface area contributed by atoms with E-state index in [4.69, 9.17) is 4.74 Å². The lowest BCUT2D eigenvalue weighted by atomic mass is 9.97. The van der Waals surface area contributed by atoms with Gasteiger partial charge in [0.05, 0.1) is 0 Å². The Bertz CT molecular complexity index is 596. The lowest BCUT2D eigenvalue weighted by Crippen LogP contribution is -2.51. The summed E-state index contributed by atoms with van der Waals surface area (Å²) in [4.78, 5) is 14.3. The molecule has 1 aromatic carbocycles. The minimum Gasteiger partial charge on any atom is -0.444 e. The van der Waals surface area contributed by atoms with E-state index in [1.165, 1.54) is 12.1 Å². The van der Waals surface area contributed by atoms with Crippen molar-refractivity contribution in [3.05, 3.63) is 29.8 Å². The Hall–Kier alpha value is -1.85. The highest BCUT2D eigenvalue weighted by molar-refractivity contribution is 5.69. The summed E-state index contributed by atoms with van der Waals surface area (Å²) in [6.45, 7) is 5.58. The number of amides is 1. The fourth-order valence-electron chi connectivity index (χ4n) is 3.78. The maximum atomic E-state index is 13.3. The molecule has 6 heteroatoms. The van der Waals surface area contributed by atoms with E-state index in [-0.39, 0.29) is 24.2 Å². The Kier molecular flexibility index (Phi) is 4.40. The van der Waals surface area contributed by atoms with Crippen molar-refractivity contribution in [2.45, 2.75) is 70.2 Å². The molecule has 1 amide bonds. The van der Waals surface area contributed by atoms with Gasteiger partial charge in [-0.1, -0.05) is 0 Å². The second kappa shape index (κ2) is 6.22. The van der Waals surface area contributed by atoms with Gasteiger partial charge in [0.1, 0.15) is 17.2 Å². The molecule has 2 saturated heterocycles. The van der Waals surface area contributed by atoms with Gasteiger partial charge in [-0.25, -0.2) is 13.6 Å². The van der Waals surface area contributed by atoms with Crippen molar-refractivity contribution in [2.24, 2.45) is 0 Å². The van der Waals surface area contributed by atoms with Gasteiger partial charge in [0.2, 0.25) is 0 Å². The summed E-state index contributed by atoms with van der Waals surface area (Å²) in [6, 6.07) is 3.79. The van der Waals surface area contributed by atoms with E-state index in [1.54, 1.807) is 0 Å². The van der Waals surface area contributed by atoms with Crippen LogP contribution in [-0.4, -0.2) is 34.7 Å². The predicted molar refractivity (Wildman–Crippen MR) is 87.9 cm³/mol. The van der Waals surface area contributed by atoms with Crippen molar-refractivity contribution in [3.8, 4) is 0 Å². The molecule has 24 heavy (non-hydrogen) atoms. The highest BCUT2D eigenvalue weighted by atomic mass is 19.1. The van der Waals surface area contributed by atoms with Crippen LogP contribution in [0.3, 0.4) is 0 Å². The topological polar surface area (TPSA) is 41.6 Å². The summed E-state index contributed by atoms with van der Waals surface area (Å²) in [5.74, 6) is -1.18. The van der Waals surface area contributed by atoms with Crippen molar-refractivity contribution >= 4 is 11.8 Å². The van der Waals surface area contributed by atoms with Crippen LogP contribution in [0.1, 0.15) is 46.5 Å². The number of hydrogen-bond donors (Lipinski definition) is 1. The van der Waals surface area contributed by atoms with Crippen LogP contribution in [0.5, 0.6) is 0 Å². The molecular weight excluding hydrogens is 314 g/mol. The number of ether oxygens (including phenoxy) is 1. The van der Waals surface area contributed by atoms with Gasteiger partial charge in [-0.3, -0.25) is 0 Å². The van der Waals surface area contributed by atoms with Crippen molar-refractivity contribution < 1.29 is 18.3 Å². The van der Waals surface area contributed by atoms with E-state index in [1.807, 2.05) is 25.7 Å². The third-order valence-electron chi connectivity index (χ3n) is 4.57. The highest BCUT2D eigenvalue weighted by Gasteiger charge is 2.44. The Morgan fingerprint density at radius 1 is 1.12 bits per heavy atom. The maximum Gasteiger partial charge on any atom is 0.410 e. The number of piperidine rings is 1. The minimum absolute atomic E-state index is 0.0994. The summed E-state index contributed by atoms with van der Waals surface area (Å²) >= 11 is 0. The predicted octanol–water partition coefficient (Wildman–Crippen LogP) is 4.31. The molecule has 0 aliphatic carbocycles. The maximum absolute atomic E-state index is 13.3. The summed E-state index contributed by atoms with van der Waals surface area (Å²) < 4.78 is 32.2. The smallest absolute Gasteiger partial charge is 0.410 e. The molecule has 3 rings (SSSR count). The van der Waals surface area contributed by atoms with Crippen LogP contribution in [0.15, 0.2) is 18.2 Å². The van der Waals surface area contributed by atoms with Crippen LogP contribution < -0.4 is 5.32 Å². The SMILES string of the molecule is CC(C)(C)OC(=O)N1C2CCC1CC(Nc1cc(F)cc(F)c1)C2. The summed E-state index contributed by atoms with van der Waals surface area (Å²) in [7, 11) is 0. The molecule has 1 N–H and O–H groups in total. The number of nitrogens with zero attached hydrogens (tertiary/aromatic N) is 1. The number of rotatable bonds is 2. The molecule has 2 bridgehead atoms. The molecule has 0 spiro atoms.